The minimum atomic E-state index is 0.334. The van der Waals surface area contributed by atoms with Gasteiger partial charge in [-0.05, 0) is 47.5 Å². The number of rotatable bonds is 10. The Labute approximate surface area is 220 Å². The van der Waals surface area contributed by atoms with Crippen LogP contribution in [0.5, 0.6) is 5.75 Å². The topological polar surface area (TPSA) is 87.6 Å². The molecule has 36 heavy (non-hydrogen) atoms. The summed E-state index contributed by atoms with van der Waals surface area (Å²) in [5.74, 6) is 2.02. The predicted molar refractivity (Wildman–Crippen MR) is 146 cm³/mol. The zero-order chi connectivity index (χ0) is 25.3. The van der Waals surface area contributed by atoms with Crippen LogP contribution in [0.1, 0.15) is 16.7 Å². The van der Waals surface area contributed by atoms with Gasteiger partial charge in [0.15, 0.2) is 0 Å². The maximum atomic E-state index is 6.20. The van der Waals surface area contributed by atoms with E-state index in [0.717, 1.165) is 16.7 Å². The fourth-order valence-corrected chi connectivity index (χ4v) is 3.55. The molecule has 1 heterocycles. The Hall–Kier alpha value is -3.88. The Morgan fingerprint density at radius 2 is 1.67 bits per heavy atom. The zero-order valence-electron chi connectivity index (χ0n) is 19.8. The van der Waals surface area contributed by atoms with Gasteiger partial charge in [-0.25, -0.2) is 5.43 Å². The summed E-state index contributed by atoms with van der Waals surface area (Å²) in [6.07, 6.45) is 1.68. The fraction of sp³-hybridized carbons (Fsp3) is 0.154. The lowest BCUT2D eigenvalue weighted by Crippen LogP contribution is -2.16. The van der Waals surface area contributed by atoms with Crippen LogP contribution in [0.15, 0.2) is 77.9 Å². The lowest BCUT2D eigenvalue weighted by atomic mass is 10.2. The monoisotopic (exact) mass is 521 g/mol. The molecular formula is C26H25Cl2N7O. The highest BCUT2D eigenvalue weighted by Gasteiger charge is 2.08. The molecule has 3 aromatic carbocycles. The number of hydrogen-bond donors (Lipinski definition) is 2. The maximum absolute atomic E-state index is 6.20. The third-order valence-corrected chi connectivity index (χ3v) is 5.57. The van der Waals surface area contributed by atoms with E-state index >= 15 is 0 Å². The van der Waals surface area contributed by atoms with E-state index in [0.29, 0.717) is 46.8 Å². The molecule has 0 aliphatic rings. The van der Waals surface area contributed by atoms with Crippen molar-refractivity contribution in [2.45, 2.75) is 13.2 Å². The molecule has 8 nitrogen and oxygen atoms in total. The largest absolute Gasteiger partial charge is 0.489 e. The number of hydrogen-bond acceptors (Lipinski definition) is 8. The summed E-state index contributed by atoms with van der Waals surface area (Å²) in [5.41, 5.74) is 5.75. The van der Waals surface area contributed by atoms with Crippen LogP contribution in [-0.4, -0.2) is 35.3 Å². The van der Waals surface area contributed by atoms with Gasteiger partial charge in [0.2, 0.25) is 17.8 Å². The van der Waals surface area contributed by atoms with Gasteiger partial charge >= 0.3 is 0 Å². The first-order valence-electron chi connectivity index (χ1n) is 11.1. The van der Waals surface area contributed by atoms with Crippen LogP contribution in [0.4, 0.5) is 17.8 Å². The summed E-state index contributed by atoms with van der Waals surface area (Å²) >= 11 is 12.1. The van der Waals surface area contributed by atoms with E-state index < -0.39 is 0 Å². The quantitative estimate of drug-likeness (QED) is 0.199. The van der Waals surface area contributed by atoms with Gasteiger partial charge in [-0.1, -0.05) is 59.6 Å². The van der Waals surface area contributed by atoms with Crippen molar-refractivity contribution in [2.24, 2.45) is 5.10 Å². The third-order valence-electron chi connectivity index (χ3n) is 4.98. The molecule has 0 amide bonds. The molecular weight excluding hydrogens is 497 g/mol. The summed E-state index contributed by atoms with van der Waals surface area (Å²) in [6.45, 7) is 0.943. The molecule has 0 radical (unpaired) electrons. The molecule has 1 aromatic heterocycles. The minimum absolute atomic E-state index is 0.334. The van der Waals surface area contributed by atoms with Gasteiger partial charge in [0.05, 0.1) is 6.21 Å². The molecule has 184 valence electrons. The predicted octanol–water partition coefficient (Wildman–Crippen LogP) is 5.88. The number of aromatic nitrogens is 3. The molecule has 2 N–H and O–H groups in total. The number of hydrazone groups is 1. The zero-order valence-corrected chi connectivity index (χ0v) is 21.3. The van der Waals surface area contributed by atoms with E-state index in [1.54, 1.807) is 23.2 Å². The van der Waals surface area contributed by atoms with Crippen molar-refractivity contribution in [1.29, 1.82) is 0 Å². The summed E-state index contributed by atoms with van der Waals surface area (Å²) in [4.78, 5) is 15.1. The van der Waals surface area contributed by atoms with Crippen LogP contribution in [0.2, 0.25) is 10.0 Å². The van der Waals surface area contributed by atoms with E-state index in [-0.39, 0.29) is 0 Å². The number of halogens is 2. The SMILES string of the molecule is CN(C)c1nc(NCc2ccccc2)nc(N/N=C/c2ccc(OCc3ccc(Cl)cc3Cl)cc2)n1. The minimum Gasteiger partial charge on any atom is -0.489 e. The molecule has 0 unspecified atom stereocenters. The van der Waals surface area contributed by atoms with Gasteiger partial charge in [-0.2, -0.15) is 20.1 Å². The summed E-state index contributed by atoms with van der Waals surface area (Å²) in [5, 5.41) is 8.67. The fourth-order valence-electron chi connectivity index (χ4n) is 3.09. The van der Waals surface area contributed by atoms with Crippen molar-refractivity contribution in [3.8, 4) is 5.75 Å². The van der Waals surface area contributed by atoms with Gasteiger partial charge in [0, 0.05) is 36.2 Å². The molecule has 4 aromatic rings. The van der Waals surface area contributed by atoms with Crippen molar-refractivity contribution < 1.29 is 4.74 Å². The number of ether oxygens (including phenoxy) is 1. The molecule has 0 saturated heterocycles. The van der Waals surface area contributed by atoms with Gasteiger partial charge in [0.1, 0.15) is 12.4 Å². The smallest absolute Gasteiger partial charge is 0.250 e. The third kappa shape index (κ3) is 7.31. The second-order valence-electron chi connectivity index (χ2n) is 7.98. The van der Waals surface area contributed by atoms with Crippen LogP contribution in [-0.2, 0) is 13.2 Å². The Kier molecular flexibility index (Phi) is 8.54. The van der Waals surface area contributed by atoms with Crippen molar-refractivity contribution in [3.63, 3.8) is 0 Å². The van der Waals surface area contributed by atoms with Crippen LogP contribution in [0.3, 0.4) is 0 Å². The molecule has 4 rings (SSSR count). The van der Waals surface area contributed by atoms with E-state index in [2.05, 4.69) is 30.8 Å². The van der Waals surface area contributed by atoms with E-state index in [9.17, 15) is 0 Å². The number of benzene rings is 3. The Morgan fingerprint density at radius 1 is 0.917 bits per heavy atom. The summed E-state index contributed by atoms with van der Waals surface area (Å²) in [7, 11) is 3.74. The Morgan fingerprint density at radius 3 is 2.39 bits per heavy atom. The average Bonchev–Trinajstić information content (AvgIpc) is 2.88. The molecule has 0 atom stereocenters. The van der Waals surface area contributed by atoms with Gasteiger partial charge in [-0.3, -0.25) is 0 Å². The molecule has 0 aliphatic heterocycles. The Bertz CT molecular complexity index is 1320. The molecule has 10 heteroatoms. The van der Waals surface area contributed by atoms with Crippen LogP contribution < -0.4 is 20.4 Å². The molecule has 0 fully saturated rings. The second kappa shape index (κ2) is 12.2. The average molecular weight is 522 g/mol. The second-order valence-corrected chi connectivity index (χ2v) is 8.82. The van der Waals surface area contributed by atoms with E-state index in [1.165, 1.54) is 0 Å². The molecule has 0 saturated carbocycles. The van der Waals surface area contributed by atoms with Gasteiger partial charge in [0.25, 0.3) is 0 Å². The standard InChI is InChI=1S/C26H25Cl2N7O/c1-35(2)26-32-24(29-15-18-6-4-3-5-7-18)31-25(33-26)34-30-16-19-8-12-22(13-9-19)36-17-20-10-11-21(27)14-23(20)28/h3-14,16H,15,17H2,1-2H3,(H2,29,31,32,33,34)/b30-16+. The maximum Gasteiger partial charge on any atom is 0.250 e. The van der Waals surface area contributed by atoms with Crippen LogP contribution in [0.25, 0.3) is 0 Å². The molecule has 0 aliphatic carbocycles. The first kappa shape index (κ1) is 25.2. The molecule has 0 bridgehead atoms. The van der Waals surface area contributed by atoms with Crippen molar-refractivity contribution in [3.05, 3.63) is 99.5 Å². The highest BCUT2D eigenvalue weighted by molar-refractivity contribution is 6.35. The summed E-state index contributed by atoms with van der Waals surface area (Å²) in [6, 6.07) is 22.9. The summed E-state index contributed by atoms with van der Waals surface area (Å²) < 4.78 is 5.82. The lowest BCUT2D eigenvalue weighted by Gasteiger charge is -2.13. The van der Waals surface area contributed by atoms with E-state index in [4.69, 9.17) is 27.9 Å². The van der Waals surface area contributed by atoms with Crippen LogP contribution >= 0.6 is 23.2 Å². The molecule has 0 spiro atoms. The highest BCUT2D eigenvalue weighted by Crippen LogP contribution is 2.23. The number of anilines is 3. The van der Waals surface area contributed by atoms with Gasteiger partial charge < -0.3 is 15.0 Å². The van der Waals surface area contributed by atoms with Crippen molar-refractivity contribution in [1.82, 2.24) is 15.0 Å². The first-order chi connectivity index (χ1) is 17.5. The van der Waals surface area contributed by atoms with Crippen molar-refractivity contribution in [2.75, 3.05) is 29.7 Å². The van der Waals surface area contributed by atoms with Crippen molar-refractivity contribution >= 4 is 47.3 Å². The first-order valence-corrected chi connectivity index (χ1v) is 11.9. The Balaban J connectivity index is 1.35. The normalized spacial score (nSPS) is 10.9. The van der Waals surface area contributed by atoms with E-state index in [1.807, 2.05) is 74.8 Å². The highest BCUT2D eigenvalue weighted by atomic mass is 35.5. The number of nitrogens with zero attached hydrogens (tertiary/aromatic N) is 5. The number of nitrogens with one attached hydrogen (secondary N) is 2. The van der Waals surface area contributed by atoms with Crippen LogP contribution in [0, 0.1) is 0 Å². The lowest BCUT2D eigenvalue weighted by molar-refractivity contribution is 0.306. The van der Waals surface area contributed by atoms with Gasteiger partial charge in [-0.15, -0.1) is 0 Å².